The number of hydrogen-bond donors (Lipinski definition) is 0. The Bertz CT molecular complexity index is 1200. The lowest BCUT2D eigenvalue weighted by molar-refractivity contribution is 0.655. The molecule has 0 unspecified atom stereocenters. The lowest BCUT2D eigenvalue weighted by Gasteiger charge is -2.26. The van der Waals surface area contributed by atoms with Crippen LogP contribution in [0.4, 0.5) is 11.4 Å². The number of fused-ring (bicyclic) bond motifs is 3. The fourth-order valence-corrected chi connectivity index (χ4v) is 4.57. The van der Waals surface area contributed by atoms with Gasteiger partial charge in [-0.2, -0.15) is 15.0 Å². The summed E-state index contributed by atoms with van der Waals surface area (Å²) in [4.78, 5) is 3.87. The topological polar surface area (TPSA) is 64.7 Å². The molecule has 0 bridgehead atoms. The second-order valence-corrected chi connectivity index (χ2v) is 8.86. The van der Waals surface area contributed by atoms with Crippen LogP contribution < -0.4 is 4.90 Å². The summed E-state index contributed by atoms with van der Waals surface area (Å²) in [5.74, 6) is 1.82. The quantitative estimate of drug-likeness (QED) is 0.286. The highest BCUT2D eigenvalue weighted by Gasteiger charge is 2.29. The van der Waals surface area contributed by atoms with Crippen molar-refractivity contribution in [1.29, 1.82) is 0 Å². The first-order valence-electron chi connectivity index (χ1n) is 9.11. The highest BCUT2D eigenvalue weighted by Crippen LogP contribution is 2.41. The van der Waals surface area contributed by atoms with Crippen LogP contribution in [0, 0.1) is 6.92 Å². The normalized spacial score (nSPS) is 15.7. The van der Waals surface area contributed by atoms with Gasteiger partial charge >= 0.3 is 0 Å². The number of aromatic nitrogens is 6. The number of halogens is 2. The van der Waals surface area contributed by atoms with Gasteiger partial charge in [0.1, 0.15) is 11.5 Å². The van der Waals surface area contributed by atoms with E-state index in [4.69, 9.17) is 11.6 Å². The molecule has 0 fully saturated rings. The number of nitrogens with zero attached hydrogens (tertiary/aromatic N) is 7. The summed E-state index contributed by atoms with van der Waals surface area (Å²) in [6, 6.07) is 14.3. The van der Waals surface area contributed by atoms with Gasteiger partial charge in [0.2, 0.25) is 0 Å². The molecule has 0 aliphatic carbocycles. The Kier molecular flexibility index (Phi) is 4.54. The second kappa shape index (κ2) is 7.10. The van der Waals surface area contributed by atoms with Gasteiger partial charge in [-0.05, 0) is 43.3 Å². The minimum Gasteiger partial charge on any atom is -0.338 e. The molecule has 1 aliphatic heterocycles. The first-order valence-corrected chi connectivity index (χ1v) is 10.7. The SMILES string of the molecule is Cc1nnc2n1-c1ccc(-c3cnn(C)n3)cc1N(c1ccc(Cl)cc1)C[C@H]2I. The Morgan fingerprint density at radius 3 is 2.59 bits per heavy atom. The lowest BCUT2D eigenvalue weighted by Crippen LogP contribution is -2.20. The number of hydrogen-bond acceptors (Lipinski definition) is 5. The summed E-state index contributed by atoms with van der Waals surface area (Å²) in [7, 11) is 1.82. The third-order valence-electron chi connectivity index (χ3n) is 5.01. The van der Waals surface area contributed by atoms with E-state index in [1.54, 1.807) is 11.0 Å². The minimum absolute atomic E-state index is 0.164. The van der Waals surface area contributed by atoms with Gasteiger partial charge < -0.3 is 4.90 Å². The maximum atomic E-state index is 6.14. The lowest BCUT2D eigenvalue weighted by atomic mass is 10.1. The second-order valence-electron chi connectivity index (χ2n) is 6.92. The maximum Gasteiger partial charge on any atom is 0.152 e. The molecule has 1 atom stereocenters. The van der Waals surface area contributed by atoms with Crippen molar-refractivity contribution in [2.75, 3.05) is 11.4 Å². The molecule has 0 saturated carbocycles. The van der Waals surface area contributed by atoms with E-state index in [-0.39, 0.29) is 3.92 Å². The van der Waals surface area contributed by atoms with Gasteiger partial charge in [-0.3, -0.25) is 4.57 Å². The van der Waals surface area contributed by atoms with Gasteiger partial charge in [-0.1, -0.05) is 40.3 Å². The molecule has 0 saturated heterocycles. The summed E-state index contributed by atoms with van der Waals surface area (Å²) in [6.45, 7) is 2.75. The molecule has 5 rings (SSSR count). The van der Waals surface area contributed by atoms with Crippen LogP contribution in [-0.4, -0.2) is 36.3 Å². The highest BCUT2D eigenvalue weighted by atomic mass is 127. The molecule has 0 radical (unpaired) electrons. The summed E-state index contributed by atoms with van der Waals surface area (Å²) in [6.07, 6.45) is 1.78. The Hall–Kier alpha value is -2.46. The molecule has 3 heterocycles. The molecule has 0 amide bonds. The Balaban J connectivity index is 1.74. The zero-order valence-electron chi connectivity index (χ0n) is 15.8. The number of benzene rings is 2. The van der Waals surface area contributed by atoms with Gasteiger partial charge in [0.05, 0.1) is 21.5 Å². The van der Waals surface area contributed by atoms with Crippen molar-refractivity contribution in [3.05, 3.63) is 65.3 Å². The number of alkyl halides is 1. The summed E-state index contributed by atoms with van der Waals surface area (Å²) in [5, 5.41) is 18.2. The number of rotatable bonds is 2. The van der Waals surface area contributed by atoms with Crippen molar-refractivity contribution < 1.29 is 0 Å². The average molecular weight is 518 g/mol. The van der Waals surface area contributed by atoms with E-state index in [2.05, 4.69) is 70.7 Å². The highest BCUT2D eigenvalue weighted by molar-refractivity contribution is 14.1. The fraction of sp³-hybridized carbons (Fsp3) is 0.200. The predicted octanol–water partition coefficient (Wildman–Crippen LogP) is 4.65. The Morgan fingerprint density at radius 2 is 1.86 bits per heavy atom. The molecular formula is C20H17ClIN7. The van der Waals surface area contributed by atoms with E-state index in [9.17, 15) is 0 Å². The summed E-state index contributed by atoms with van der Waals surface area (Å²) in [5.41, 5.74) is 5.03. The van der Waals surface area contributed by atoms with Gasteiger partial charge in [0.15, 0.2) is 5.82 Å². The van der Waals surface area contributed by atoms with Crippen LogP contribution in [0.3, 0.4) is 0 Å². The smallest absolute Gasteiger partial charge is 0.152 e. The van der Waals surface area contributed by atoms with E-state index in [0.717, 1.165) is 51.5 Å². The van der Waals surface area contributed by atoms with Gasteiger partial charge in [0, 0.05) is 29.9 Å². The first-order chi connectivity index (χ1) is 14.0. The molecule has 0 spiro atoms. The molecule has 9 heteroatoms. The van der Waals surface area contributed by atoms with Gasteiger partial charge in [-0.25, -0.2) is 0 Å². The Morgan fingerprint density at radius 1 is 1.07 bits per heavy atom. The summed E-state index contributed by atoms with van der Waals surface area (Å²) < 4.78 is 2.31. The minimum atomic E-state index is 0.164. The van der Waals surface area contributed by atoms with Crippen molar-refractivity contribution >= 4 is 45.6 Å². The summed E-state index contributed by atoms with van der Waals surface area (Å²) >= 11 is 8.58. The molecule has 4 aromatic rings. The Labute approximate surface area is 186 Å². The zero-order valence-corrected chi connectivity index (χ0v) is 18.7. The molecule has 1 aliphatic rings. The molecule has 146 valence electrons. The molecule has 7 nitrogen and oxygen atoms in total. The number of anilines is 2. The van der Waals surface area contributed by atoms with Crippen molar-refractivity contribution in [2.24, 2.45) is 7.05 Å². The maximum absolute atomic E-state index is 6.14. The van der Waals surface area contributed by atoms with Crippen LogP contribution in [0.5, 0.6) is 0 Å². The van der Waals surface area contributed by atoms with Crippen LogP contribution in [-0.2, 0) is 7.05 Å². The third-order valence-corrected chi connectivity index (χ3v) is 6.22. The van der Waals surface area contributed by atoms with Gasteiger partial charge in [0.25, 0.3) is 0 Å². The zero-order chi connectivity index (χ0) is 20.1. The number of aryl methyl sites for hydroxylation is 2. The van der Waals surface area contributed by atoms with Gasteiger partial charge in [-0.15, -0.1) is 10.2 Å². The third kappa shape index (κ3) is 3.20. The van der Waals surface area contributed by atoms with Crippen LogP contribution in [0.2, 0.25) is 5.02 Å². The average Bonchev–Trinajstić information content (AvgIpc) is 3.29. The van der Waals surface area contributed by atoms with Crippen molar-refractivity contribution in [1.82, 2.24) is 29.8 Å². The molecule has 29 heavy (non-hydrogen) atoms. The standard InChI is InChI=1S/C20H17ClIN7/c1-12-24-25-20-16(22)11-28(15-6-4-14(21)5-7-15)19-9-13(3-8-18(19)29(12)20)17-10-23-27(2)26-17/h3-10,16H,11H2,1-2H3/t16-/m1/s1. The monoisotopic (exact) mass is 517 g/mol. The van der Waals surface area contributed by atoms with Crippen molar-refractivity contribution in [3.63, 3.8) is 0 Å². The van der Waals surface area contributed by atoms with Crippen molar-refractivity contribution in [2.45, 2.75) is 10.8 Å². The fourth-order valence-electron chi connectivity index (χ4n) is 3.65. The largest absolute Gasteiger partial charge is 0.338 e. The van der Waals surface area contributed by atoms with Crippen LogP contribution in [0.15, 0.2) is 48.7 Å². The van der Waals surface area contributed by atoms with E-state index < -0.39 is 0 Å². The molecular weight excluding hydrogens is 501 g/mol. The van der Waals surface area contributed by atoms with Crippen LogP contribution in [0.25, 0.3) is 16.9 Å². The van der Waals surface area contributed by atoms with Crippen LogP contribution in [0.1, 0.15) is 15.6 Å². The van der Waals surface area contributed by atoms with E-state index in [1.165, 1.54) is 0 Å². The van der Waals surface area contributed by atoms with E-state index in [1.807, 2.05) is 38.2 Å². The van der Waals surface area contributed by atoms with E-state index >= 15 is 0 Å². The first kappa shape index (κ1) is 18.6. The molecule has 2 aromatic heterocycles. The van der Waals surface area contributed by atoms with E-state index in [0.29, 0.717) is 0 Å². The van der Waals surface area contributed by atoms with Crippen molar-refractivity contribution in [3.8, 4) is 16.9 Å². The molecule has 0 N–H and O–H groups in total. The molecule has 2 aromatic carbocycles. The van der Waals surface area contributed by atoms with Crippen LogP contribution >= 0.6 is 34.2 Å². The predicted molar refractivity (Wildman–Crippen MR) is 121 cm³/mol.